The molecule has 2 aliphatic rings. The number of likely N-dealkylation sites (tertiary alicyclic amines) is 1. The summed E-state index contributed by atoms with van der Waals surface area (Å²) in [5.74, 6) is -1.41. The predicted molar refractivity (Wildman–Crippen MR) is 102 cm³/mol. The van der Waals surface area contributed by atoms with Crippen molar-refractivity contribution in [2.24, 2.45) is 5.92 Å². The number of aryl methyl sites for hydroxylation is 1. The van der Waals surface area contributed by atoms with Crippen LogP contribution in [0.2, 0.25) is 0 Å². The van der Waals surface area contributed by atoms with E-state index in [0.717, 1.165) is 25.2 Å². The molecule has 2 aromatic heterocycles. The highest BCUT2D eigenvalue weighted by Crippen LogP contribution is 2.42. The molecule has 0 saturated carbocycles. The summed E-state index contributed by atoms with van der Waals surface area (Å²) < 4.78 is 48.6. The predicted octanol–water partition coefficient (Wildman–Crippen LogP) is 2.71. The quantitative estimate of drug-likeness (QED) is 0.729. The molecular formula is C20H22F3N3O6. The standard InChI is InChI=1S/C18H21N3O4.C2HF3O2/c1-13-9-16(25-20-13)17(22)21-11-18(12-21)14(5-8-24-18)4-7-23-15-3-2-6-19-10-15;3-2(4,5)1(6)7/h2-3,6,9-10,14H,4-5,7-8,11-12H2,1H3;(H,6,7). The number of carbonyl (C=O) groups is 2. The smallest absolute Gasteiger partial charge is 0.490 e. The zero-order valence-electron chi connectivity index (χ0n) is 17.2. The fourth-order valence-electron chi connectivity index (χ4n) is 3.66. The van der Waals surface area contributed by atoms with Crippen molar-refractivity contribution in [2.45, 2.75) is 31.5 Å². The topological polar surface area (TPSA) is 115 Å². The fourth-order valence-corrected chi connectivity index (χ4v) is 3.66. The van der Waals surface area contributed by atoms with Gasteiger partial charge in [0.1, 0.15) is 11.4 Å². The van der Waals surface area contributed by atoms with Crippen LogP contribution in [0.4, 0.5) is 13.2 Å². The second-order valence-electron chi connectivity index (χ2n) is 7.52. The zero-order chi connectivity index (χ0) is 23.4. The first-order chi connectivity index (χ1) is 15.1. The van der Waals surface area contributed by atoms with Crippen LogP contribution in [0.25, 0.3) is 0 Å². The number of carboxylic acids is 1. The van der Waals surface area contributed by atoms with Crippen molar-refractivity contribution >= 4 is 11.9 Å². The highest BCUT2D eigenvalue weighted by atomic mass is 19.4. The monoisotopic (exact) mass is 457 g/mol. The van der Waals surface area contributed by atoms with Crippen LogP contribution in [0.5, 0.6) is 5.75 Å². The van der Waals surface area contributed by atoms with Crippen molar-refractivity contribution in [3.8, 4) is 5.75 Å². The summed E-state index contributed by atoms with van der Waals surface area (Å²) in [6, 6.07) is 5.43. The molecule has 2 aliphatic heterocycles. The summed E-state index contributed by atoms with van der Waals surface area (Å²) >= 11 is 0. The van der Waals surface area contributed by atoms with E-state index >= 15 is 0 Å². The van der Waals surface area contributed by atoms with E-state index in [1.165, 1.54) is 0 Å². The van der Waals surface area contributed by atoms with Gasteiger partial charge < -0.3 is 24.0 Å². The van der Waals surface area contributed by atoms with Gasteiger partial charge in [0.15, 0.2) is 0 Å². The van der Waals surface area contributed by atoms with Gasteiger partial charge in [0, 0.05) is 18.9 Å². The third kappa shape index (κ3) is 5.55. The molecule has 2 saturated heterocycles. The fraction of sp³-hybridized carbons (Fsp3) is 0.500. The van der Waals surface area contributed by atoms with Gasteiger partial charge in [-0.05, 0) is 37.8 Å². The zero-order valence-corrected chi connectivity index (χ0v) is 17.2. The number of carbonyl (C=O) groups excluding carboxylic acids is 1. The molecule has 1 N–H and O–H groups in total. The number of aromatic nitrogens is 2. The van der Waals surface area contributed by atoms with Gasteiger partial charge in [0.25, 0.3) is 5.91 Å². The van der Waals surface area contributed by atoms with Crippen molar-refractivity contribution in [1.29, 1.82) is 0 Å². The van der Waals surface area contributed by atoms with E-state index in [9.17, 15) is 18.0 Å². The minimum atomic E-state index is -5.08. The molecule has 1 atom stereocenters. The van der Waals surface area contributed by atoms with Crippen LogP contribution in [-0.4, -0.2) is 70.1 Å². The molecule has 0 radical (unpaired) electrons. The molecule has 12 heteroatoms. The number of pyridine rings is 1. The van der Waals surface area contributed by atoms with Gasteiger partial charge in [-0.15, -0.1) is 0 Å². The van der Waals surface area contributed by atoms with E-state index in [0.29, 0.717) is 37.1 Å². The van der Waals surface area contributed by atoms with Crippen LogP contribution < -0.4 is 4.74 Å². The van der Waals surface area contributed by atoms with Gasteiger partial charge >= 0.3 is 12.1 Å². The first-order valence-electron chi connectivity index (χ1n) is 9.80. The summed E-state index contributed by atoms with van der Waals surface area (Å²) in [6.45, 7) is 4.36. The number of amides is 1. The van der Waals surface area contributed by atoms with Gasteiger partial charge in [-0.25, -0.2) is 4.79 Å². The van der Waals surface area contributed by atoms with Gasteiger partial charge in [0.2, 0.25) is 5.76 Å². The molecule has 0 aromatic carbocycles. The first-order valence-corrected chi connectivity index (χ1v) is 9.80. The van der Waals surface area contributed by atoms with E-state index in [1.807, 2.05) is 12.1 Å². The molecule has 174 valence electrons. The summed E-state index contributed by atoms with van der Waals surface area (Å²) in [5, 5.41) is 10.9. The summed E-state index contributed by atoms with van der Waals surface area (Å²) in [7, 11) is 0. The molecule has 4 heterocycles. The lowest BCUT2D eigenvalue weighted by Gasteiger charge is -2.49. The summed E-state index contributed by atoms with van der Waals surface area (Å²) in [4.78, 5) is 27.1. The molecular weight excluding hydrogens is 435 g/mol. The Hall–Kier alpha value is -3.15. The largest absolute Gasteiger partial charge is 0.492 e. The van der Waals surface area contributed by atoms with Crippen molar-refractivity contribution in [3.05, 3.63) is 42.0 Å². The van der Waals surface area contributed by atoms with E-state index in [2.05, 4.69) is 10.1 Å². The molecule has 2 fully saturated rings. The van der Waals surface area contributed by atoms with Gasteiger partial charge in [0.05, 0.1) is 31.6 Å². The lowest BCUT2D eigenvalue weighted by molar-refractivity contribution is -0.192. The molecule has 1 amide bonds. The minimum Gasteiger partial charge on any atom is -0.492 e. The Balaban J connectivity index is 0.000000360. The Morgan fingerprint density at radius 2 is 2.09 bits per heavy atom. The van der Waals surface area contributed by atoms with Crippen molar-refractivity contribution in [1.82, 2.24) is 15.0 Å². The van der Waals surface area contributed by atoms with Crippen LogP contribution in [0, 0.1) is 12.8 Å². The minimum absolute atomic E-state index is 0.118. The third-order valence-corrected chi connectivity index (χ3v) is 5.25. The molecule has 32 heavy (non-hydrogen) atoms. The lowest BCUT2D eigenvalue weighted by Crippen LogP contribution is -2.66. The average molecular weight is 457 g/mol. The van der Waals surface area contributed by atoms with Gasteiger partial charge in [-0.3, -0.25) is 9.78 Å². The highest BCUT2D eigenvalue weighted by Gasteiger charge is 2.54. The van der Waals surface area contributed by atoms with Gasteiger partial charge in [-0.1, -0.05) is 5.16 Å². The van der Waals surface area contributed by atoms with E-state index in [4.69, 9.17) is 23.9 Å². The molecule has 1 spiro atoms. The number of rotatable bonds is 5. The normalized spacial score (nSPS) is 19.1. The number of hydrogen-bond donors (Lipinski definition) is 1. The molecule has 9 nitrogen and oxygen atoms in total. The lowest BCUT2D eigenvalue weighted by atomic mass is 9.79. The Kier molecular flexibility index (Phi) is 7.02. The molecule has 1 unspecified atom stereocenters. The number of hydrogen-bond acceptors (Lipinski definition) is 7. The van der Waals surface area contributed by atoms with E-state index < -0.39 is 12.1 Å². The maximum absolute atomic E-state index is 12.4. The first kappa shape index (κ1) is 23.5. The number of ether oxygens (including phenoxy) is 2. The maximum atomic E-state index is 12.4. The number of alkyl halides is 3. The Morgan fingerprint density at radius 3 is 2.66 bits per heavy atom. The third-order valence-electron chi connectivity index (χ3n) is 5.25. The van der Waals surface area contributed by atoms with Crippen molar-refractivity contribution in [3.63, 3.8) is 0 Å². The molecule has 0 aliphatic carbocycles. The second kappa shape index (κ2) is 9.55. The van der Waals surface area contributed by atoms with Crippen LogP contribution in [0.15, 0.2) is 35.1 Å². The second-order valence-corrected chi connectivity index (χ2v) is 7.52. The molecule has 0 bridgehead atoms. The summed E-state index contributed by atoms with van der Waals surface area (Å²) in [5.41, 5.74) is 0.476. The Labute approximate surface area is 181 Å². The van der Waals surface area contributed by atoms with E-state index in [-0.39, 0.29) is 11.5 Å². The van der Waals surface area contributed by atoms with Crippen LogP contribution in [-0.2, 0) is 9.53 Å². The summed E-state index contributed by atoms with van der Waals surface area (Å²) in [6.07, 6.45) is 0.255. The number of nitrogens with zero attached hydrogens (tertiary/aromatic N) is 3. The average Bonchev–Trinajstić information content (AvgIpc) is 3.33. The van der Waals surface area contributed by atoms with E-state index in [1.54, 1.807) is 30.3 Å². The SMILES string of the molecule is Cc1cc(C(=O)N2CC3(C2)OCCC3CCOc2cccnc2)on1.O=C(O)C(F)(F)F. The highest BCUT2D eigenvalue weighted by molar-refractivity contribution is 5.92. The van der Waals surface area contributed by atoms with Crippen LogP contribution >= 0.6 is 0 Å². The Morgan fingerprint density at radius 1 is 1.38 bits per heavy atom. The molecule has 2 aromatic rings. The van der Waals surface area contributed by atoms with Crippen molar-refractivity contribution in [2.75, 3.05) is 26.3 Å². The number of halogens is 3. The number of aliphatic carboxylic acids is 1. The molecule has 4 rings (SSSR count). The maximum Gasteiger partial charge on any atom is 0.490 e. The van der Waals surface area contributed by atoms with Gasteiger partial charge in [-0.2, -0.15) is 13.2 Å². The van der Waals surface area contributed by atoms with Crippen LogP contribution in [0.3, 0.4) is 0 Å². The van der Waals surface area contributed by atoms with Crippen LogP contribution in [0.1, 0.15) is 29.1 Å². The van der Waals surface area contributed by atoms with Crippen molar-refractivity contribution < 1.29 is 41.9 Å². The number of carboxylic acid groups (broad SMARTS) is 1. The Bertz CT molecular complexity index is 928.